The van der Waals surface area contributed by atoms with Crippen LogP contribution in [-0.2, 0) is 0 Å². The molecule has 0 aromatic heterocycles. The molecular weight excluding hydrogens is 201 g/mol. The van der Waals surface area contributed by atoms with Gasteiger partial charge in [0.25, 0.3) is 0 Å². The Labute approximate surface area is 75.3 Å². The third kappa shape index (κ3) is 1.37. The van der Waals surface area contributed by atoms with E-state index in [4.69, 9.17) is 5.26 Å². The molecule has 0 aliphatic carbocycles. The highest BCUT2D eigenvalue weighted by atomic mass is 19.2. The van der Waals surface area contributed by atoms with E-state index in [0.29, 0.717) is 0 Å². The molecule has 0 bridgehead atoms. The van der Waals surface area contributed by atoms with Crippen LogP contribution in [0.1, 0.15) is 5.56 Å². The van der Waals surface area contributed by atoms with E-state index >= 15 is 0 Å². The summed E-state index contributed by atoms with van der Waals surface area (Å²) in [5.41, 5.74) is -2.21. The Bertz CT molecular complexity index is 453. The van der Waals surface area contributed by atoms with Crippen molar-refractivity contribution in [1.29, 1.82) is 5.26 Å². The Morgan fingerprint density at radius 1 is 1.36 bits per heavy atom. The van der Waals surface area contributed by atoms with Crippen LogP contribution in [0.3, 0.4) is 0 Å². The van der Waals surface area contributed by atoms with Gasteiger partial charge in [-0.3, -0.25) is 10.1 Å². The maximum Gasteiger partial charge on any atom is 0.325 e. The minimum atomic E-state index is -1.97. The van der Waals surface area contributed by atoms with E-state index in [9.17, 15) is 23.3 Å². The highest BCUT2D eigenvalue weighted by Gasteiger charge is 2.27. The molecule has 1 rings (SSSR count). The molecule has 0 heterocycles. The third-order valence-electron chi connectivity index (χ3n) is 1.44. The monoisotopic (exact) mass is 202 g/mol. The van der Waals surface area contributed by atoms with Crippen LogP contribution in [0.5, 0.6) is 0 Å². The van der Waals surface area contributed by atoms with Crippen molar-refractivity contribution in [2.24, 2.45) is 0 Å². The van der Waals surface area contributed by atoms with Crippen LogP contribution in [0.2, 0.25) is 0 Å². The van der Waals surface area contributed by atoms with E-state index in [1.54, 1.807) is 0 Å². The summed E-state index contributed by atoms with van der Waals surface area (Å²) in [5, 5.41) is 18.5. The van der Waals surface area contributed by atoms with Gasteiger partial charge in [0.2, 0.25) is 11.6 Å². The highest BCUT2D eigenvalue weighted by Crippen LogP contribution is 2.26. The third-order valence-corrected chi connectivity index (χ3v) is 1.44. The number of nitro groups is 1. The number of benzene rings is 1. The van der Waals surface area contributed by atoms with Gasteiger partial charge in [-0.15, -0.1) is 0 Å². The molecule has 1 aromatic carbocycles. The largest absolute Gasteiger partial charge is 0.325 e. The lowest BCUT2D eigenvalue weighted by atomic mass is 10.2. The number of nitro benzene ring substituents is 1. The van der Waals surface area contributed by atoms with Crippen LogP contribution >= 0.6 is 0 Å². The van der Waals surface area contributed by atoms with Crippen molar-refractivity contribution in [2.75, 3.05) is 0 Å². The molecule has 1 aromatic rings. The van der Waals surface area contributed by atoms with Gasteiger partial charge in [-0.2, -0.15) is 9.65 Å². The Balaban J connectivity index is 3.64. The molecule has 0 atom stereocenters. The molecule has 0 spiro atoms. The normalized spacial score (nSPS) is 9.57. The van der Waals surface area contributed by atoms with Crippen LogP contribution in [0.25, 0.3) is 0 Å². The summed E-state index contributed by atoms with van der Waals surface area (Å²) in [6, 6.07) is 1.47. The first kappa shape index (κ1) is 9.98. The summed E-state index contributed by atoms with van der Waals surface area (Å²) >= 11 is 0. The van der Waals surface area contributed by atoms with E-state index in [-0.39, 0.29) is 6.07 Å². The van der Waals surface area contributed by atoms with E-state index in [1.165, 1.54) is 6.07 Å². The second-order valence-electron chi connectivity index (χ2n) is 2.25. The van der Waals surface area contributed by atoms with E-state index in [0.717, 1.165) is 0 Å². The van der Waals surface area contributed by atoms with Crippen molar-refractivity contribution in [3.8, 4) is 6.07 Å². The van der Waals surface area contributed by atoms with Gasteiger partial charge in [0.05, 0.1) is 4.92 Å². The van der Waals surface area contributed by atoms with Gasteiger partial charge in [-0.1, -0.05) is 0 Å². The number of hydrogen-bond acceptors (Lipinski definition) is 3. The Morgan fingerprint density at radius 3 is 2.36 bits per heavy atom. The topological polar surface area (TPSA) is 66.9 Å². The van der Waals surface area contributed by atoms with E-state index in [2.05, 4.69) is 0 Å². The average Bonchev–Trinajstić information content (AvgIpc) is 2.12. The summed E-state index contributed by atoms with van der Waals surface area (Å²) in [5.74, 6) is -5.56. The first-order chi connectivity index (χ1) is 6.49. The second kappa shape index (κ2) is 3.33. The molecule has 7 heteroatoms. The van der Waals surface area contributed by atoms with Gasteiger partial charge in [0.15, 0.2) is 5.82 Å². The Kier molecular flexibility index (Phi) is 2.38. The highest BCUT2D eigenvalue weighted by molar-refractivity contribution is 5.50. The summed E-state index contributed by atoms with van der Waals surface area (Å²) in [6.07, 6.45) is 0. The Hall–Kier alpha value is -2.10. The zero-order chi connectivity index (χ0) is 10.9. The molecule has 0 saturated carbocycles. The number of nitrogens with zero attached hydrogens (tertiary/aromatic N) is 2. The average molecular weight is 202 g/mol. The molecule has 0 aliphatic heterocycles. The van der Waals surface area contributed by atoms with E-state index in [1.807, 2.05) is 0 Å². The first-order valence-electron chi connectivity index (χ1n) is 3.21. The summed E-state index contributed by atoms with van der Waals surface area (Å²) in [4.78, 5) is 8.91. The smallest absolute Gasteiger partial charge is 0.258 e. The minimum absolute atomic E-state index is 0.274. The van der Waals surface area contributed by atoms with Crippen molar-refractivity contribution in [3.05, 3.63) is 39.2 Å². The lowest BCUT2D eigenvalue weighted by molar-refractivity contribution is -0.388. The van der Waals surface area contributed by atoms with Crippen molar-refractivity contribution in [2.45, 2.75) is 0 Å². The quantitative estimate of drug-likeness (QED) is 0.396. The minimum Gasteiger partial charge on any atom is -0.258 e. The zero-order valence-corrected chi connectivity index (χ0v) is 6.42. The predicted molar refractivity (Wildman–Crippen MR) is 37.7 cm³/mol. The molecule has 72 valence electrons. The van der Waals surface area contributed by atoms with Crippen LogP contribution < -0.4 is 0 Å². The maximum atomic E-state index is 12.8. The van der Waals surface area contributed by atoms with Gasteiger partial charge in [-0.25, -0.2) is 8.78 Å². The van der Waals surface area contributed by atoms with Gasteiger partial charge >= 0.3 is 5.69 Å². The van der Waals surface area contributed by atoms with Gasteiger partial charge in [0, 0.05) is 6.07 Å². The lowest BCUT2D eigenvalue weighted by Crippen LogP contribution is -2.01. The second-order valence-corrected chi connectivity index (χ2v) is 2.25. The predicted octanol–water partition coefficient (Wildman–Crippen LogP) is 1.88. The number of nitriles is 1. The lowest BCUT2D eigenvalue weighted by Gasteiger charge is -1.98. The molecular formula is C7HF3N2O2. The Morgan fingerprint density at radius 2 is 1.93 bits per heavy atom. The molecule has 0 radical (unpaired) electrons. The van der Waals surface area contributed by atoms with Crippen molar-refractivity contribution >= 4 is 5.69 Å². The molecule has 0 saturated heterocycles. The number of rotatable bonds is 1. The molecule has 0 N–H and O–H groups in total. The zero-order valence-electron chi connectivity index (χ0n) is 6.42. The molecule has 4 nitrogen and oxygen atoms in total. The summed E-state index contributed by atoms with van der Waals surface area (Å²) < 4.78 is 37.7. The van der Waals surface area contributed by atoms with Gasteiger partial charge < -0.3 is 0 Å². The standard InChI is InChI=1S/C7HF3N2O2/c8-4-1-3(2-11)7(12(13)14)6(10)5(4)9/h1H. The fourth-order valence-corrected chi connectivity index (χ4v) is 0.849. The van der Waals surface area contributed by atoms with Crippen molar-refractivity contribution in [1.82, 2.24) is 0 Å². The molecule has 14 heavy (non-hydrogen) atoms. The summed E-state index contributed by atoms with van der Waals surface area (Å²) in [7, 11) is 0. The number of hydrogen-bond donors (Lipinski definition) is 0. The fraction of sp³-hybridized carbons (Fsp3) is 0. The molecule has 0 amide bonds. The summed E-state index contributed by atoms with van der Waals surface area (Å²) in [6.45, 7) is 0. The van der Waals surface area contributed by atoms with Crippen LogP contribution in [0.4, 0.5) is 18.9 Å². The molecule has 0 fully saturated rings. The fourth-order valence-electron chi connectivity index (χ4n) is 0.849. The number of halogens is 3. The van der Waals surface area contributed by atoms with Gasteiger partial charge in [-0.05, 0) is 0 Å². The van der Waals surface area contributed by atoms with Gasteiger partial charge in [0.1, 0.15) is 11.6 Å². The molecule has 0 unspecified atom stereocenters. The SMILES string of the molecule is N#Cc1cc(F)c(F)c(F)c1[N+](=O)[O-]. The van der Waals surface area contributed by atoms with E-state index < -0.39 is 33.6 Å². The van der Waals surface area contributed by atoms with Crippen LogP contribution in [-0.4, -0.2) is 4.92 Å². The molecule has 0 aliphatic rings. The van der Waals surface area contributed by atoms with Crippen molar-refractivity contribution in [3.63, 3.8) is 0 Å². The van der Waals surface area contributed by atoms with Crippen molar-refractivity contribution < 1.29 is 18.1 Å². The first-order valence-corrected chi connectivity index (χ1v) is 3.21. The van der Waals surface area contributed by atoms with Crippen LogP contribution in [0, 0.1) is 38.9 Å². The maximum absolute atomic E-state index is 12.8. The van der Waals surface area contributed by atoms with Crippen LogP contribution in [0.15, 0.2) is 6.07 Å².